The molecule has 1 unspecified atom stereocenters. The van der Waals surface area contributed by atoms with Crippen LogP contribution in [0.25, 0.3) is 0 Å². The lowest BCUT2D eigenvalue weighted by atomic mass is 9.77. The first-order valence-electron chi connectivity index (χ1n) is 9.23. The summed E-state index contributed by atoms with van der Waals surface area (Å²) in [5.41, 5.74) is 2.54. The Morgan fingerprint density at radius 1 is 0.929 bits per heavy atom. The first-order valence-corrected chi connectivity index (χ1v) is 16.2. The molecule has 4 rings (SSSR count). The largest absolute Gasteiger partial charge is 0.393 e. The van der Waals surface area contributed by atoms with Gasteiger partial charge < -0.3 is 5.11 Å². The summed E-state index contributed by atoms with van der Waals surface area (Å²) in [7, 11) is 3.52. The van der Waals surface area contributed by atoms with Gasteiger partial charge in [0, 0.05) is 78.0 Å². The minimum Gasteiger partial charge on any atom is -0.393 e. The molecule has 0 spiro atoms. The molecule has 2 fully saturated rings. The monoisotopic (exact) mass is 658 g/mol. The van der Waals surface area contributed by atoms with Gasteiger partial charge in [0.1, 0.15) is 0 Å². The Kier molecular flexibility index (Phi) is 7.79. The molecule has 0 radical (unpaired) electrons. The minimum atomic E-state index is -0.290. The summed E-state index contributed by atoms with van der Waals surface area (Å²) in [6.45, 7) is 0.881. The number of hydrogen-bond donors (Lipinski definition) is 1. The normalized spacial score (nSPS) is 31.5. The fourth-order valence-corrected chi connectivity index (χ4v) is 8.92. The van der Waals surface area contributed by atoms with Gasteiger partial charge in [0.25, 0.3) is 0 Å². The van der Waals surface area contributed by atoms with Crippen LogP contribution in [0.15, 0.2) is 54.6 Å². The summed E-state index contributed by atoms with van der Waals surface area (Å²) >= 11 is 11.1. The molecule has 1 N–H and O–H groups in total. The maximum absolute atomic E-state index is 11.1. The number of rotatable bonds is 4. The van der Waals surface area contributed by atoms with Crippen LogP contribution in [-0.2, 0) is 0 Å². The smallest absolute Gasteiger partial charge is 0.0614 e. The second-order valence-corrected chi connectivity index (χ2v) is 11.3. The third-order valence-electron chi connectivity index (χ3n) is 5.88. The molecule has 2 saturated heterocycles. The van der Waals surface area contributed by atoms with E-state index in [1.54, 1.807) is 18.2 Å². The van der Waals surface area contributed by atoms with E-state index in [4.69, 9.17) is 11.6 Å². The number of nitrogens with zero attached hydrogens (tertiary/aromatic N) is 2. The van der Waals surface area contributed by atoms with E-state index in [-0.39, 0.29) is 24.1 Å². The van der Waals surface area contributed by atoms with Crippen LogP contribution in [0.4, 0.5) is 0 Å². The Labute approximate surface area is 204 Å². The van der Waals surface area contributed by atoms with Gasteiger partial charge in [-0.15, -0.1) is 0 Å². The molecule has 150 valence electrons. The third kappa shape index (κ3) is 4.51. The minimum absolute atomic E-state index is 0.234. The van der Waals surface area contributed by atoms with Crippen molar-refractivity contribution in [2.75, 3.05) is 6.54 Å². The third-order valence-corrected chi connectivity index (χ3v) is 10.3. The second-order valence-electron chi connectivity index (χ2n) is 7.36. The van der Waals surface area contributed by atoms with Crippen molar-refractivity contribution in [1.29, 1.82) is 0 Å². The molecule has 8 heteroatoms. The van der Waals surface area contributed by atoms with Crippen LogP contribution >= 0.6 is 72.3 Å². The Morgan fingerprint density at radius 3 is 2.36 bits per heavy atom. The van der Waals surface area contributed by atoms with E-state index in [9.17, 15) is 5.11 Å². The average molecular weight is 659 g/mol. The van der Waals surface area contributed by atoms with E-state index in [0.29, 0.717) is 6.04 Å². The van der Waals surface area contributed by atoms with Gasteiger partial charge in [-0.05, 0) is 54.3 Å². The highest BCUT2D eigenvalue weighted by Crippen LogP contribution is 2.51. The number of fused-ring (bicyclic) bond motifs is 1. The van der Waals surface area contributed by atoms with E-state index in [2.05, 4.69) is 93.5 Å². The second kappa shape index (κ2) is 9.93. The molecule has 0 aliphatic carbocycles. The summed E-state index contributed by atoms with van der Waals surface area (Å²) in [5, 5.41) is 11.8. The molecule has 0 saturated carbocycles. The lowest BCUT2D eigenvalue weighted by molar-refractivity contribution is -0.0426. The van der Waals surface area contributed by atoms with E-state index in [1.807, 2.05) is 12.1 Å². The molecule has 5 atom stereocenters. The first-order chi connectivity index (χ1) is 13.6. The van der Waals surface area contributed by atoms with Crippen molar-refractivity contribution in [3.05, 3.63) is 70.7 Å². The lowest BCUT2D eigenvalue weighted by Gasteiger charge is -2.53. The summed E-state index contributed by atoms with van der Waals surface area (Å²) in [6.07, 6.45) is 1.47. The number of piperidine rings is 2. The summed E-state index contributed by atoms with van der Waals surface area (Å²) in [4.78, 5) is 0. The average Bonchev–Trinajstić information content (AvgIpc) is 2.73. The maximum Gasteiger partial charge on any atom is 0.0614 e. The van der Waals surface area contributed by atoms with Crippen molar-refractivity contribution in [3.8, 4) is 0 Å². The number of aliphatic hydroxyl groups excluding tert-OH is 1. The predicted octanol–water partition coefficient (Wildman–Crippen LogP) is 6.88. The van der Waals surface area contributed by atoms with Crippen LogP contribution in [0.1, 0.15) is 36.1 Å². The van der Waals surface area contributed by atoms with Gasteiger partial charge in [0.2, 0.25) is 0 Å². The van der Waals surface area contributed by atoms with Gasteiger partial charge in [-0.2, -0.15) is 0 Å². The quantitative estimate of drug-likeness (QED) is 0.286. The molecule has 28 heavy (non-hydrogen) atoms. The molecular weight excluding hydrogens is 638 g/mol. The standard InChI is InChI=1S/C20H21ClI2N2OS2/c21-15-8-4-7-14(9-15)17-10-19-16(12-24(17)27-22)20(26)11-18(25(19)28-23)13-5-2-1-3-6-13/h1-9,16-20,26H,10-12H2/t16-,17+,18+,19+,20?/m1/s1. The first kappa shape index (κ1) is 22.0. The van der Waals surface area contributed by atoms with Crippen molar-refractivity contribution in [3.63, 3.8) is 0 Å². The van der Waals surface area contributed by atoms with Crippen LogP contribution in [0.3, 0.4) is 0 Å². The topological polar surface area (TPSA) is 26.7 Å². The highest BCUT2D eigenvalue weighted by Gasteiger charge is 2.48. The maximum atomic E-state index is 11.1. The number of benzene rings is 2. The van der Waals surface area contributed by atoms with Crippen LogP contribution in [0, 0.1) is 5.92 Å². The number of halogens is 3. The molecule has 2 aromatic carbocycles. The molecule has 3 nitrogen and oxygen atoms in total. The van der Waals surface area contributed by atoms with Gasteiger partial charge in [0.15, 0.2) is 0 Å². The van der Waals surface area contributed by atoms with E-state index < -0.39 is 0 Å². The van der Waals surface area contributed by atoms with E-state index in [1.165, 1.54) is 11.1 Å². The van der Waals surface area contributed by atoms with Crippen molar-refractivity contribution < 1.29 is 5.11 Å². The highest BCUT2D eigenvalue weighted by molar-refractivity contribution is 14.2. The summed E-state index contributed by atoms with van der Waals surface area (Å²) in [5.74, 6) is 0.250. The van der Waals surface area contributed by atoms with Gasteiger partial charge >= 0.3 is 0 Å². The van der Waals surface area contributed by atoms with Crippen LogP contribution in [0.5, 0.6) is 0 Å². The van der Waals surface area contributed by atoms with Gasteiger partial charge in [-0.3, -0.25) is 0 Å². The molecule has 2 aliphatic rings. The Morgan fingerprint density at radius 2 is 1.68 bits per heavy atom. The Balaban J connectivity index is 1.66. The van der Waals surface area contributed by atoms with E-state index >= 15 is 0 Å². The van der Waals surface area contributed by atoms with Crippen LogP contribution < -0.4 is 0 Å². The molecule has 2 heterocycles. The summed E-state index contributed by atoms with van der Waals surface area (Å²) < 4.78 is 4.94. The SMILES string of the molecule is OC1C[C@@H](c2ccccc2)N(SI)[C@H]2C[C@@H](c3cccc(Cl)c3)N(SI)C[C@@H]12. The van der Waals surface area contributed by atoms with Gasteiger partial charge in [-0.25, -0.2) is 8.61 Å². The molecular formula is C20H21ClI2N2OS2. The van der Waals surface area contributed by atoms with Crippen molar-refractivity contribution in [2.45, 2.75) is 37.1 Å². The number of aliphatic hydroxyl groups is 1. The Bertz CT molecular complexity index is 803. The molecule has 0 amide bonds. The molecule has 0 aromatic heterocycles. The molecule has 2 aromatic rings. The van der Waals surface area contributed by atoms with Crippen LogP contribution in [0.2, 0.25) is 5.02 Å². The fraction of sp³-hybridized carbons (Fsp3) is 0.400. The fourth-order valence-electron chi connectivity index (χ4n) is 4.54. The molecule has 2 aliphatic heterocycles. The van der Waals surface area contributed by atoms with Gasteiger partial charge in [-0.1, -0.05) is 54.1 Å². The van der Waals surface area contributed by atoms with Crippen molar-refractivity contribution in [2.24, 2.45) is 5.92 Å². The zero-order valence-electron chi connectivity index (χ0n) is 15.0. The van der Waals surface area contributed by atoms with Crippen molar-refractivity contribution >= 4 is 72.3 Å². The predicted molar refractivity (Wildman–Crippen MR) is 138 cm³/mol. The highest BCUT2D eigenvalue weighted by atomic mass is 127. The van der Waals surface area contributed by atoms with Gasteiger partial charge in [0.05, 0.1) is 6.10 Å². The zero-order chi connectivity index (χ0) is 19.7. The number of hydrogen-bond acceptors (Lipinski definition) is 5. The van der Waals surface area contributed by atoms with Crippen molar-refractivity contribution in [1.82, 2.24) is 8.61 Å². The lowest BCUT2D eigenvalue weighted by Crippen LogP contribution is -2.56. The van der Waals surface area contributed by atoms with Crippen LogP contribution in [-0.4, -0.2) is 32.4 Å². The zero-order valence-corrected chi connectivity index (χ0v) is 21.7. The summed E-state index contributed by atoms with van der Waals surface area (Å²) in [6, 6.07) is 19.7. The molecule has 0 bridgehead atoms. The Hall–Kier alpha value is 0.770. The van der Waals surface area contributed by atoms with E-state index in [0.717, 1.165) is 24.4 Å².